The molecule has 3 aromatic rings. The molecule has 1 aliphatic rings. The monoisotopic (exact) mass is 448 g/mol. The van der Waals surface area contributed by atoms with Gasteiger partial charge in [0.05, 0.1) is 23.9 Å². The van der Waals surface area contributed by atoms with E-state index in [-0.39, 0.29) is 6.10 Å². The molecule has 0 saturated carbocycles. The minimum atomic E-state index is 0.197. The van der Waals surface area contributed by atoms with E-state index in [2.05, 4.69) is 44.2 Å². The van der Waals surface area contributed by atoms with Gasteiger partial charge >= 0.3 is 0 Å². The Morgan fingerprint density at radius 2 is 2.06 bits per heavy atom. The van der Waals surface area contributed by atoms with Crippen molar-refractivity contribution >= 4 is 22.9 Å². The highest BCUT2D eigenvalue weighted by Gasteiger charge is 2.28. The minimum absolute atomic E-state index is 0.197. The normalized spacial score (nSPS) is 20.0. The van der Waals surface area contributed by atoms with Crippen LogP contribution in [0.3, 0.4) is 0 Å². The summed E-state index contributed by atoms with van der Waals surface area (Å²) >= 11 is 0. The number of aromatic nitrogens is 4. The van der Waals surface area contributed by atoms with Crippen molar-refractivity contribution in [1.29, 1.82) is 0 Å². The van der Waals surface area contributed by atoms with Crippen LogP contribution in [0.15, 0.2) is 47.2 Å². The predicted molar refractivity (Wildman–Crippen MR) is 131 cm³/mol. The number of fused-ring (bicyclic) bond motifs is 1. The van der Waals surface area contributed by atoms with Gasteiger partial charge in [-0.3, -0.25) is 4.99 Å². The molecule has 3 aromatic heterocycles. The highest BCUT2D eigenvalue weighted by atomic mass is 16.5. The number of ether oxygens (including phenoxy) is 1. The third-order valence-electron chi connectivity index (χ3n) is 5.87. The maximum absolute atomic E-state index is 6.21. The standard InChI is InChI=1S/C24H32N8O/c1-15-12-31(5)13-21(15)33-14-19(11-25)24(26-4)18-6-7-32-20(9-18)10-23(30-32)29-22-8-16(2)27-17(3)28-22/h6-11,15,21H,12-14,25H2,1-5H3,(H,27,28,29,30)/b19-11+,26-24?/t15-,21-/m1/s1. The van der Waals surface area contributed by atoms with Crippen LogP contribution in [-0.4, -0.2) is 70.1 Å². The lowest BCUT2D eigenvalue weighted by molar-refractivity contribution is 0.0565. The number of hydrogen-bond donors (Lipinski definition) is 2. The molecule has 0 unspecified atom stereocenters. The third-order valence-corrected chi connectivity index (χ3v) is 5.87. The zero-order valence-corrected chi connectivity index (χ0v) is 19.9. The van der Waals surface area contributed by atoms with Crippen molar-refractivity contribution in [3.63, 3.8) is 0 Å². The number of likely N-dealkylation sites (N-methyl/N-ethyl adjacent to an activating group) is 1. The maximum atomic E-state index is 6.21. The molecule has 0 aromatic carbocycles. The number of nitrogens with zero attached hydrogens (tertiary/aromatic N) is 6. The lowest BCUT2D eigenvalue weighted by Gasteiger charge is -2.18. The van der Waals surface area contributed by atoms with Gasteiger partial charge in [-0.1, -0.05) is 6.92 Å². The summed E-state index contributed by atoms with van der Waals surface area (Å²) in [6.45, 7) is 8.44. The quantitative estimate of drug-likeness (QED) is 0.535. The van der Waals surface area contributed by atoms with Gasteiger partial charge in [0, 0.05) is 61.5 Å². The summed E-state index contributed by atoms with van der Waals surface area (Å²) < 4.78 is 8.03. The molecule has 0 amide bonds. The van der Waals surface area contributed by atoms with Crippen LogP contribution < -0.4 is 11.1 Å². The molecule has 174 valence electrons. The average Bonchev–Trinajstić information content (AvgIpc) is 3.30. The SMILES string of the molecule is CN=C(/C(=C/N)CO[C@@H]1CN(C)C[C@H]1C)c1ccn2nc(Nc3cc(C)nc(C)n3)cc2c1. The first-order valence-electron chi connectivity index (χ1n) is 11.1. The molecule has 9 nitrogen and oxygen atoms in total. The van der Waals surface area contributed by atoms with Crippen LogP contribution in [0.25, 0.3) is 5.52 Å². The smallest absolute Gasteiger partial charge is 0.154 e. The fraction of sp³-hybridized carbons (Fsp3) is 0.417. The van der Waals surface area contributed by atoms with Crippen LogP contribution in [0.4, 0.5) is 11.6 Å². The lowest BCUT2D eigenvalue weighted by atomic mass is 10.0. The Morgan fingerprint density at radius 1 is 1.24 bits per heavy atom. The van der Waals surface area contributed by atoms with Gasteiger partial charge in [-0.2, -0.15) is 5.10 Å². The molecule has 0 radical (unpaired) electrons. The van der Waals surface area contributed by atoms with Crippen LogP contribution in [0.1, 0.15) is 24.0 Å². The Labute approximate surface area is 194 Å². The van der Waals surface area contributed by atoms with E-state index in [0.717, 1.165) is 47.0 Å². The number of pyridine rings is 1. The van der Waals surface area contributed by atoms with Crippen molar-refractivity contribution in [2.75, 3.05) is 39.1 Å². The van der Waals surface area contributed by atoms with Gasteiger partial charge in [0.2, 0.25) is 0 Å². The van der Waals surface area contributed by atoms with Gasteiger partial charge in [0.1, 0.15) is 11.6 Å². The van der Waals surface area contributed by atoms with Gasteiger partial charge in [0.25, 0.3) is 0 Å². The zero-order chi connectivity index (χ0) is 23.5. The number of hydrogen-bond acceptors (Lipinski definition) is 8. The molecule has 1 saturated heterocycles. The summed E-state index contributed by atoms with van der Waals surface area (Å²) in [4.78, 5) is 15.6. The third kappa shape index (κ3) is 5.20. The highest BCUT2D eigenvalue weighted by molar-refractivity contribution is 6.13. The number of nitrogens with one attached hydrogen (secondary N) is 1. The highest BCUT2D eigenvalue weighted by Crippen LogP contribution is 2.21. The fourth-order valence-corrected chi connectivity index (χ4v) is 4.35. The van der Waals surface area contributed by atoms with Crippen LogP contribution in [0, 0.1) is 19.8 Å². The largest absolute Gasteiger partial charge is 0.404 e. The van der Waals surface area contributed by atoms with Crippen LogP contribution in [0.2, 0.25) is 0 Å². The molecule has 9 heteroatoms. The summed E-state index contributed by atoms with van der Waals surface area (Å²) in [7, 11) is 3.90. The molecule has 2 atom stereocenters. The Hall–Kier alpha value is -3.30. The maximum Gasteiger partial charge on any atom is 0.154 e. The lowest BCUT2D eigenvalue weighted by Crippen LogP contribution is -2.24. The van der Waals surface area contributed by atoms with E-state index < -0.39 is 0 Å². The van der Waals surface area contributed by atoms with Gasteiger partial charge in [0.15, 0.2) is 5.82 Å². The van der Waals surface area contributed by atoms with Crippen molar-refractivity contribution in [1.82, 2.24) is 24.5 Å². The predicted octanol–water partition coefficient (Wildman–Crippen LogP) is 2.71. The Bertz CT molecular complexity index is 1180. The van der Waals surface area contributed by atoms with Crippen LogP contribution >= 0.6 is 0 Å². The first-order chi connectivity index (χ1) is 15.9. The van der Waals surface area contributed by atoms with Gasteiger partial charge < -0.3 is 20.7 Å². The molecule has 4 rings (SSSR count). The second kappa shape index (κ2) is 9.68. The van der Waals surface area contributed by atoms with E-state index >= 15 is 0 Å². The van der Waals surface area contributed by atoms with Crippen molar-refractivity contribution < 1.29 is 4.74 Å². The molecule has 1 fully saturated rings. The molecule has 0 bridgehead atoms. The molecule has 33 heavy (non-hydrogen) atoms. The molecular formula is C24H32N8O. The number of likely N-dealkylation sites (tertiary alicyclic amines) is 1. The number of aliphatic imine (C=N–C) groups is 1. The topological polar surface area (TPSA) is 106 Å². The van der Waals surface area contributed by atoms with Crippen LogP contribution in [0.5, 0.6) is 0 Å². The fourth-order valence-electron chi connectivity index (χ4n) is 4.35. The molecule has 0 spiro atoms. The first kappa shape index (κ1) is 22.9. The molecule has 0 aliphatic carbocycles. The Balaban J connectivity index is 1.52. The van der Waals surface area contributed by atoms with Gasteiger partial charge in [-0.15, -0.1) is 0 Å². The van der Waals surface area contributed by atoms with E-state index in [1.807, 2.05) is 48.8 Å². The Morgan fingerprint density at radius 3 is 2.73 bits per heavy atom. The minimum Gasteiger partial charge on any atom is -0.404 e. The second-order valence-electron chi connectivity index (χ2n) is 8.69. The van der Waals surface area contributed by atoms with Crippen molar-refractivity contribution in [2.24, 2.45) is 16.6 Å². The van der Waals surface area contributed by atoms with E-state index in [0.29, 0.717) is 24.2 Å². The van der Waals surface area contributed by atoms with Gasteiger partial charge in [-0.25, -0.2) is 14.5 Å². The Kier molecular flexibility index (Phi) is 6.71. The van der Waals surface area contributed by atoms with Crippen molar-refractivity contribution in [2.45, 2.75) is 26.9 Å². The summed E-state index contributed by atoms with van der Waals surface area (Å²) in [6.07, 6.45) is 3.71. The number of anilines is 2. The average molecular weight is 449 g/mol. The first-order valence-corrected chi connectivity index (χ1v) is 11.1. The van der Waals surface area contributed by atoms with Crippen molar-refractivity contribution in [3.05, 3.63) is 59.3 Å². The number of nitrogens with two attached hydrogens (primary N) is 1. The number of rotatable bonds is 7. The molecule has 4 heterocycles. The van der Waals surface area contributed by atoms with Crippen LogP contribution in [-0.2, 0) is 4.74 Å². The number of aryl methyl sites for hydroxylation is 2. The summed E-state index contributed by atoms with van der Waals surface area (Å²) in [5.74, 6) is 2.63. The van der Waals surface area contributed by atoms with Gasteiger partial charge in [-0.05, 0) is 38.9 Å². The van der Waals surface area contributed by atoms with E-state index in [9.17, 15) is 0 Å². The summed E-state index contributed by atoms with van der Waals surface area (Å²) in [5, 5.41) is 7.86. The molecule has 1 aliphatic heterocycles. The zero-order valence-electron chi connectivity index (χ0n) is 19.9. The molecular weight excluding hydrogens is 416 g/mol. The van der Waals surface area contributed by atoms with E-state index in [4.69, 9.17) is 10.5 Å². The van der Waals surface area contributed by atoms with E-state index in [1.54, 1.807) is 13.2 Å². The molecule has 3 N–H and O–H groups in total. The summed E-state index contributed by atoms with van der Waals surface area (Å²) in [6, 6.07) is 7.90. The van der Waals surface area contributed by atoms with Crippen molar-refractivity contribution in [3.8, 4) is 0 Å². The van der Waals surface area contributed by atoms with E-state index in [1.165, 1.54) is 0 Å². The second-order valence-corrected chi connectivity index (χ2v) is 8.69. The summed E-state index contributed by atoms with van der Waals surface area (Å²) in [5.41, 5.74) is 10.5.